The molecule has 3 rings (SSSR count). The summed E-state index contributed by atoms with van der Waals surface area (Å²) in [6.07, 6.45) is -1.88. The molecule has 1 fully saturated rings. The third-order valence-electron chi connectivity index (χ3n) is 5.07. The van der Waals surface area contributed by atoms with E-state index in [0.717, 1.165) is 0 Å². The molecule has 140 valence electrons. The molecule has 0 radical (unpaired) electrons. The fourth-order valence-electron chi connectivity index (χ4n) is 3.82. The van der Waals surface area contributed by atoms with Gasteiger partial charge in [0.1, 0.15) is 6.10 Å². The number of aliphatic hydroxyl groups excluding tert-OH is 2. The van der Waals surface area contributed by atoms with Crippen molar-refractivity contribution in [1.29, 1.82) is 0 Å². The van der Waals surface area contributed by atoms with Crippen LogP contribution in [0.15, 0.2) is 60.7 Å². The first kappa shape index (κ1) is 19.3. The van der Waals surface area contributed by atoms with Gasteiger partial charge in [-0.1, -0.05) is 81.4 Å². The highest BCUT2D eigenvalue weighted by molar-refractivity contribution is 6.99. The van der Waals surface area contributed by atoms with Crippen molar-refractivity contribution in [2.45, 2.75) is 50.7 Å². The molecule has 4 nitrogen and oxygen atoms in total. The van der Waals surface area contributed by atoms with Gasteiger partial charge >= 0.3 is 0 Å². The van der Waals surface area contributed by atoms with Gasteiger partial charge in [-0.15, -0.1) is 0 Å². The number of rotatable bonds is 5. The molecule has 2 aromatic rings. The second-order valence-electron chi connectivity index (χ2n) is 7.93. The van der Waals surface area contributed by atoms with Gasteiger partial charge in [0.05, 0.1) is 12.7 Å². The summed E-state index contributed by atoms with van der Waals surface area (Å²) < 4.78 is 12.2. The average Bonchev–Trinajstić information content (AvgIpc) is 2.94. The minimum Gasteiger partial charge on any atom is -0.405 e. The lowest BCUT2D eigenvalue weighted by Crippen LogP contribution is -2.67. The zero-order valence-corrected chi connectivity index (χ0v) is 16.6. The molecule has 0 saturated carbocycles. The van der Waals surface area contributed by atoms with Gasteiger partial charge < -0.3 is 19.4 Å². The number of benzene rings is 2. The molecular weight excluding hydrogens is 344 g/mol. The lowest BCUT2D eigenvalue weighted by molar-refractivity contribution is -0.132. The van der Waals surface area contributed by atoms with E-state index < -0.39 is 20.7 Å². The molecule has 1 saturated heterocycles. The van der Waals surface area contributed by atoms with Crippen molar-refractivity contribution in [3.8, 4) is 0 Å². The normalized spacial score (nSPS) is 24.0. The second-order valence-corrected chi connectivity index (χ2v) is 12.2. The molecule has 2 N–H and O–H groups in total. The van der Waals surface area contributed by atoms with E-state index >= 15 is 0 Å². The summed E-state index contributed by atoms with van der Waals surface area (Å²) in [5, 5.41) is 21.8. The van der Waals surface area contributed by atoms with Crippen molar-refractivity contribution in [2.24, 2.45) is 0 Å². The zero-order chi connectivity index (χ0) is 18.8. The van der Waals surface area contributed by atoms with Crippen LogP contribution in [0.2, 0.25) is 5.04 Å². The minimum absolute atomic E-state index is 0.106. The largest absolute Gasteiger partial charge is 0.405 e. The molecule has 0 spiro atoms. The molecule has 2 aromatic carbocycles. The maximum atomic E-state index is 9.77. The third kappa shape index (κ3) is 3.63. The molecule has 0 amide bonds. The SMILES string of the molecule is CC(C)(C)[Si](OC[C@H]1C[C@@H](O)[C@@H](O)O1)(c1ccccc1)c1ccccc1. The van der Waals surface area contributed by atoms with E-state index in [0.29, 0.717) is 13.0 Å². The molecule has 0 bridgehead atoms. The van der Waals surface area contributed by atoms with Crippen LogP contribution >= 0.6 is 0 Å². The highest BCUT2D eigenvalue weighted by Crippen LogP contribution is 2.37. The van der Waals surface area contributed by atoms with Crippen LogP contribution in [0.4, 0.5) is 0 Å². The van der Waals surface area contributed by atoms with Crippen LogP contribution in [0, 0.1) is 0 Å². The molecule has 1 heterocycles. The number of hydrogen-bond donors (Lipinski definition) is 2. The van der Waals surface area contributed by atoms with Crippen molar-refractivity contribution in [1.82, 2.24) is 0 Å². The lowest BCUT2D eigenvalue weighted by Gasteiger charge is -2.43. The van der Waals surface area contributed by atoms with E-state index in [4.69, 9.17) is 9.16 Å². The van der Waals surface area contributed by atoms with Gasteiger partial charge in [-0.2, -0.15) is 0 Å². The monoisotopic (exact) mass is 372 g/mol. The molecule has 0 aromatic heterocycles. The Morgan fingerprint density at radius 1 is 0.962 bits per heavy atom. The Hall–Kier alpha value is -1.50. The quantitative estimate of drug-likeness (QED) is 0.789. The molecule has 0 unspecified atom stereocenters. The number of hydrogen-bond acceptors (Lipinski definition) is 4. The van der Waals surface area contributed by atoms with Crippen molar-refractivity contribution in [3.63, 3.8) is 0 Å². The number of aliphatic hydroxyl groups is 2. The maximum absolute atomic E-state index is 9.77. The van der Waals surface area contributed by atoms with E-state index in [1.165, 1.54) is 10.4 Å². The van der Waals surface area contributed by atoms with Crippen LogP contribution in [0.5, 0.6) is 0 Å². The van der Waals surface area contributed by atoms with Crippen LogP contribution in [-0.4, -0.2) is 43.6 Å². The predicted molar refractivity (Wildman–Crippen MR) is 105 cm³/mol. The Balaban J connectivity index is 2.00. The summed E-state index contributed by atoms with van der Waals surface area (Å²) in [6.45, 7) is 7.01. The number of ether oxygens (including phenoxy) is 1. The molecule has 5 heteroatoms. The first-order valence-corrected chi connectivity index (χ1v) is 11.0. The standard InChI is InChI=1S/C21H28O4Si/c1-21(2,3)26(17-10-6-4-7-11-17,18-12-8-5-9-13-18)24-15-16-14-19(22)20(23)25-16/h4-13,16,19-20,22-23H,14-15H2,1-3H3/t16-,19-,20+/m1/s1. The Labute approximate surface area is 156 Å². The van der Waals surface area contributed by atoms with Gasteiger partial charge in [0.25, 0.3) is 8.32 Å². The molecule has 3 atom stereocenters. The van der Waals surface area contributed by atoms with Crippen LogP contribution < -0.4 is 10.4 Å². The molecule has 26 heavy (non-hydrogen) atoms. The first-order chi connectivity index (χ1) is 12.3. The highest BCUT2D eigenvalue weighted by atomic mass is 28.4. The van der Waals surface area contributed by atoms with Gasteiger partial charge in [0.15, 0.2) is 6.29 Å². The molecule has 0 aliphatic carbocycles. The van der Waals surface area contributed by atoms with Gasteiger partial charge in [-0.3, -0.25) is 0 Å². The summed E-state index contributed by atoms with van der Waals surface area (Å²) in [7, 11) is -2.60. The van der Waals surface area contributed by atoms with Crippen molar-refractivity contribution in [3.05, 3.63) is 60.7 Å². The van der Waals surface area contributed by atoms with Gasteiger partial charge in [-0.05, 0) is 15.4 Å². The summed E-state index contributed by atoms with van der Waals surface area (Å²) in [5.74, 6) is 0. The smallest absolute Gasteiger partial charge is 0.261 e. The van der Waals surface area contributed by atoms with Crippen LogP contribution in [0.25, 0.3) is 0 Å². The van der Waals surface area contributed by atoms with Crippen LogP contribution in [-0.2, 0) is 9.16 Å². The Morgan fingerprint density at radius 3 is 1.85 bits per heavy atom. The fourth-order valence-corrected chi connectivity index (χ4v) is 8.41. The minimum atomic E-state index is -2.60. The maximum Gasteiger partial charge on any atom is 0.261 e. The van der Waals surface area contributed by atoms with Gasteiger partial charge in [0, 0.05) is 6.42 Å². The van der Waals surface area contributed by atoms with Crippen molar-refractivity contribution in [2.75, 3.05) is 6.61 Å². The topological polar surface area (TPSA) is 58.9 Å². The van der Waals surface area contributed by atoms with Crippen molar-refractivity contribution >= 4 is 18.7 Å². The summed E-state index contributed by atoms with van der Waals surface area (Å²) in [6, 6.07) is 20.8. The predicted octanol–water partition coefficient (Wildman–Crippen LogP) is 2.03. The third-order valence-corrected chi connectivity index (χ3v) is 10.1. The molecule has 1 aliphatic heterocycles. The van der Waals surface area contributed by atoms with E-state index in [-0.39, 0.29) is 11.1 Å². The van der Waals surface area contributed by atoms with Crippen LogP contribution in [0.1, 0.15) is 27.2 Å². The van der Waals surface area contributed by atoms with Crippen molar-refractivity contribution < 1.29 is 19.4 Å². The van der Waals surface area contributed by atoms with Crippen LogP contribution in [0.3, 0.4) is 0 Å². The lowest BCUT2D eigenvalue weighted by atomic mass is 10.2. The van der Waals surface area contributed by atoms with E-state index in [1.54, 1.807) is 0 Å². The first-order valence-electron chi connectivity index (χ1n) is 9.11. The average molecular weight is 373 g/mol. The Bertz CT molecular complexity index is 649. The fraction of sp³-hybridized carbons (Fsp3) is 0.429. The zero-order valence-electron chi connectivity index (χ0n) is 15.6. The van der Waals surface area contributed by atoms with E-state index in [2.05, 4.69) is 69.3 Å². The van der Waals surface area contributed by atoms with E-state index in [1.807, 2.05) is 12.1 Å². The Kier molecular flexibility index (Phi) is 5.65. The second kappa shape index (κ2) is 7.62. The van der Waals surface area contributed by atoms with E-state index in [9.17, 15) is 10.2 Å². The van der Waals surface area contributed by atoms with Gasteiger partial charge in [0.2, 0.25) is 0 Å². The molecular formula is C21H28O4Si. The summed E-state index contributed by atoms with van der Waals surface area (Å²) >= 11 is 0. The Morgan fingerprint density at radius 2 is 1.46 bits per heavy atom. The summed E-state index contributed by atoms with van der Waals surface area (Å²) in [4.78, 5) is 0. The molecule has 1 aliphatic rings. The highest BCUT2D eigenvalue weighted by Gasteiger charge is 2.50. The van der Waals surface area contributed by atoms with Gasteiger partial charge in [-0.25, -0.2) is 0 Å². The summed E-state index contributed by atoms with van der Waals surface area (Å²) in [5.41, 5.74) is 0.